The smallest absolute Gasteiger partial charge is 0.242 e. The van der Waals surface area contributed by atoms with Crippen molar-refractivity contribution in [2.75, 3.05) is 31.3 Å². The average Bonchev–Trinajstić information content (AvgIpc) is 2.99. The van der Waals surface area contributed by atoms with E-state index in [1.165, 1.54) is 12.8 Å². The summed E-state index contributed by atoms with van der Waals surface area (Å²) in [5.74, 6) is 1.73. The number of unbranched alkanes of at least 4 members (excludes halogenated alkanes) is 2. The fourth-order valence-electron chi connectivity index (χ4n) is 2.26. The summed E-state index contributed by atoms with van der Waals surface area (Å²) >= 11 is 0. The van der Waals surface area contributed by atoms with E-state index in [2.05, 4.69) is 22.2 Å². The molecule has 20 heavy (non-hydrogen) atoms. The largest absolute Gasteiger partial charge is 0.479 e. The third-order valence-electron chi connectivity index (χ3n) is 3.41. The number of nitrogens with one attached hydrogen (secondary N) is 1. The van der Waals surface area contributed by atoms with Crippen LogP contribution in [0.4, 0.5) is 11.5 Å². The molecule has 0 spiro atoms. The lowest BCUT2D eigenvalue weighted by molar-refractivity contribution is 0.104. The molecule has 1 unspecified atom stereocenters. The summed E-state index contributed by atoms with van der Waals surface area (Å²) in [6.07, 6.45) is 5.42. The molecule has 112 valence electrons. The first-order chi connectivity index (χ1) is 9.76. The molecule has 0 aromatic carbocycles. The highest BCUT2D eigenvalue weighted by molar-refractivity contribution is 5.66. The number of nitrogen functional groups attached to an aromatic ring is 1. The van der Waals surface area contributed by atoms with Crippen molar-refractivity contribution in [2.24, 2.45) is 0 Å². The van der Waals surface area contributed by atoms with E-state index in [9.17, 15) is 0 Å². The van der Waals surface area contributed by atoms with Crippen LogP contribution in [0.1, 0.15) is 51.0 Å². The van der Waals surface area contributed by atoms with Gasteiger partial charge in [0.05, 0.1) is 7.11 Å². The van der Waals surface area contributed by atoms with Crippen molar-refractivity contribution < 1.29 is 9.47 Å². The number of hydrogen-bond acceptors (Lipinski definition) is 6. The molecule has 1 saturated heterocycles. The Kier molecular flexibility index (Phi) is 5.40. The highest BCUT2D eigenvalue weighted by Crippen LogP contribution is 2.32. The molecule has 1 aliphatic rings. The molecule has 0 radical (unpaired) electrons. The lowest BCUT2D eigenvalue weighted by Crippen LogP contribution is -2.12. The summed E-state index contributed by atoms with van der Waals surface area (Å²) in [5, 5.41) is 3.27. The van der Waals surface area contributed by atoms with E-state index < -0.39 is 0 Å². The van der Waals surface area contributed by atoms with Gasteiger partial charge in [0.1, 0.15) is 11.8 Å². The second-order valence-corrected chi connectivity index (χ2v) is 4.99. The number of rotatable bonds is 7. The molecule has 1 fully saturated rings. The number of nitrogens with two attached hydrogens (primary N) is 1. The van der Waals surface area contributed by atoms with Gasteiger partial charge in [-0.25, -0.2) is 4.98 Å². The van der Waals surface area contributed by atoms with Gasteiger partial charge in [-0.3, -0.25) is 0 Å². The average molecular weight is 280 g/mol. The van der Waals surface area contributed by atoms with E-state index in [0.717, 1.165) is 32.4 Å². The Morgan fingerprint density at radius 1 is 1.40 bits per heavy atom. The fraction of sp³-hybridized carbons (Fsp3) is 0.714. The van der Waals surface area contributed by atoms with Crippen molar-refractivity contribution in [3.05, 3.63) is 5.82 Å². The lowest BCUT2D eigenvalue weighted by atomic mass is 10.2. The molecule has 1 atom stereocenters. The van der Waals surface area contributed by atoms with Gasteiger partial charge in [-0.05, 0) is 19.3 Å². The van der Waals surface area contributed by atoms with Crippen LogP contribution < -0.4 is 15.8 Å². The Balaban J connectivity index is 2.13. The van der Waals surface area contributed by atoms with Gasteiger partial charge in [-0.1, -0.05) is 19.8 Å². The van der Waals surface area contributed by atoms with Gasteiger partial charge in [0.25, 0.3) is 0 Å². The van der Waals surface area contributed by atoms with Gasteiger partial charge in [0.2, 0.25) is 5.88 Å². The van der Waals surface area contributed by atoms with Crippen LogP contribution in [-0.2, 0) is 4.74 Å². The number of hydrogen-bond donors (Lipinski definition) is 2. The zero-order valence-corrected chi connectivity index (χ0v) is 12.3. The van der Waals surface area contributed by atoms with Crippen LogP contribution in [0.2, 0.25) is 0 Å². The monoisotopic (exact) mass is 280 g/mol. The van der Waals surface area contributed by atoms with Crippen LogP contribution >= 0.6 is 0 Å². The topological polar surface area (TPSA) is 82.3 Å². The summed E-state index contributed by atoms with van der Waals surface area (Å²) in [5.41, 5.74) is 6.49. The van der Waals surface area contributed by atoms with Crippen molar-refractivity contribution in [1.29, 1.82) is 0 Å². The lowest BCUT2D eigenvalue weighted by Gasteiger charge is -2.15. The van der Waals surface area contributed by atoms with Gasteiger partial charge in [0.15, 0.2) is 11.6 Å². The highest BCUT2D eigenvalue weighted by Gasteiger charge is 2.23. The first kappa shape index (κ1) is 14.8. The maximum Gasteiger partial charge on any atom is 0.242 e. The second kappa shape index (κ2) is 7.28. The molecule has 2 heterocycles. The first-order valence-electron chi connectivity index (χ1n) is 7.33. The Labute approximate surface area is 120 Å². The molecule has 0 aliphatic carbocycles. The normalized spacial score (nSPS) is 18.2. The minimum absolute atomic E-state index is 0.0410. The quantitative estimate of drug-likeness (QED) is 0.747. The Morgan fingerprint density at radius 2 is 2.25 bits per heavy atom. The molecule has 0 amide bonds. The van der Waals surface area contributed by atoms with Crippen LogP contribution in [0.25, 0.3) is 0 Å². The minimum atomic E-state index is -0.0410. The molecule has 1 aliphatic heterocycles. The number of nitrogens with zero attached hydrogens (tertiary/aromatic N) is 2. The van der Waals surface area contributed by atoms with E-state index in [0.29, 0.717) is 23.2 Å². The van der Waals surface area contributed by atoms with Crippen molar-refractivity contribution in [1.82, 2.24) is 9.97 Å². The number of ether oxygens (including phenoxy) is 2. The molecule has 1 aromatic rings. The Morgan fingerprint density at radius 3 is 2.90 bits per heavy atom. The van der Waals surface area contributed by atoms with E-state index in [1.54, 1.807) is 7.11 Å². The molecule has 1 aromatic heterocycles. The number of anilines is 2. The van der Waals surface area contributed by atoms with Crippen LogP contribution in [0.3, 0.4) is 0 Å². The molecule has 3 N–H and O–H groups in total. The van der Waals surface area contributed by atoms with E-state index in [-0.39, 0.29) is 6.10 Å². The van der Waals surface area contributed by atoms with E-state index in [1.807, 2.05) is 0 Å². The van der Waals surface area contributed by atoms with Crippen LogP contribution in [0.5, 0.6) is 5.88 Å². The van der Waals surface area contributed by atoms with Crippen LogP contribution in [0, 0.1) is 0 Å². The SMILES string of the molecule is CCCCCNc1nc(C2CCCO2)nc(OC)c1N. The number of methoxy groups -OCH3 is 1. The number of aromatic nitrogens is 2. The molecular formula is C14H24N4O2. The third kappa shape index (κ3) is 3.50. The van der Waals surface area contributed by atoms with Crippen molar-refractivity contribution in [3.8, 4) is 5.88 Å². The van der Waals surface area contributed by atoms with E-state index >= 15 is 0 Å². The maximum absolute atomic E-state index is 6.02. The zero-order valence-electron chi connectivity index (χ0n) is 12.3. The van der Waals surface area contributed by atoms with Gasteiger partial charge >= 0.3 is 0 Å². The molecule has 6 nitrogen and oxygen atoms in total. The van der Waals surface area contributed by atoms with E-state index in [4.69, 9.17) is 15.2 Å². The van der Waals surface area contributed by atoms with Crippen molar-refractivity contribution >= 4 is 11.5 Å². The molecular weight excluding hydrogens is 256 g/mol. The van der Waals surface area contributed by atoms with Gasteiger partial charge in [-0.15, -0.1) is 0 Å². The van der Waals surface area contributed by atoms with Crippen LogP contribution in [0.15, 0.2) is 0 Å². The predicted molar refractivity (Wildman–Crippen MR) is 78.9 cm³/mol. The molecule has 6 heteroatoms. The Bertz CT molecular complexity index is 433. The standard InChI is InChI=1S/C14H24N4O2/c1-3-4-5-8-16-13-11(15)14(19-2)18-12(17-13)10-7-6-9-20-10/h10H,3-9,15H2,1-2H3,(H,16,17,18). The first-order valence-corrected chi connectivity index (χ1v) is 7.33. The van der Waals surface area contributed by atoms with Gasteiger partial charge in [0, 0.05) is 13.2 Å². The summed E-state index contributed by atoms with van der Waals surface area (Å²) in [6, 6.07) is 0. The summed E-state index contributed by atoms with van der Waals surface area (Å²) < 4.78 is 10.9. The maximum atomic E-state index is 6.02. The fourth-order valence-corrected chi connectivity index (χ4v) is 2.26. The van der Waals surface area contributed by atoms with Crippen molar-refractivity contribution in [3.63, 3.8) is 0 Å². The second-order valence-electron chi connectivity index (χ2n) is 4.99. The summed E-state index contributed by atoms with van der Waals surface area (Å²) in [6.45, 7) is 3.79. The van der Waals surface area contributed by atoms with Gasteiger partial charge in [-0.2, -0.15) is 4.98 Å². The van der Waals surface area contributed by atoms with Crippen molar-refractivity contribution in [2.45, 2.75) is 45.1 Å². The molecule has 0 bridgehead atoms. The third-order valence-corrected chi connectivity index (χ3v) is 3.41. The summed E-state index contributed by atoms with van der Waals surface area (Å²) in [4.78, 5) is 8.86. The summed E-state index contributed by atoms with van der Waals surface area (Å²) in [7, 11) is 1.57. The molecule has 0 saturated carbocycles. The zero-order chi connectivity index (χ0) is 14.4. The molecule has 2 rings (SSSR count). The Hall–Kier alpha value is -1.56. The van der Waals surface area contributed by atoms with Crippen LogP contribution in [-0.4, -0.2) is 30.2 Å². The minimum Gasteiger partial charge on any atom is -0.479 e. The highest BCUT2D eigenvalue weighted by atomic mass is 16.5. The van der Waals surface area contributed by atoms with Gasteiger partial charge < -0.3 is 20.5 Å². The predicted octanol–water partition coefficient (Wildman–Crippen LogP) is 2.52.